The maximum absolute atomic E-state index is 5.90. The van der Waals surface area contributed by atoms with Crippen LogP contribution in [0.25, 0.3) is 0 Å². The van der Waals surface area contributed by atoms with Crippen LogP contribution in [0.1, 0.15) is 5.69 Å². The fourth-order valence-corrected chi connectivity index (χ4v) is 2.12. The van der Waals surface area contributed by atoms with Crippen molar-refractivity contribution >= 4 is 46.3 Å². The summed E-state index contributed by atoms with van der Waals surface area (Å²) in [5.41, 5.74) is 1.53. The lowest BCUT2D eigenvalue weighted by atomic mass is 10.3. The highest BCUT2D eigenvalue weighted by Gasteiger charge is 2.02. The van der Waals surface area contributed by atoms with E-state index in [2.05, 4.69) is 15.3 Å². The highest BCUT2D eigenvalue weighted by molar-refractivity contribution is 6.35. The van der Waals surface area contributed by atoms with Gasteiger partial charge in [0, 0.05) is 27.5 Å². The number of benzene rings is 1. The summed E-state index contributed by atoms with van der Waals surface area (Å²) in [4.78, 5) is 8.02. The van der Waals surface area contributed by atoms with E-state index in [-0.39, 0.29) is 5.28 Å². The molecular formula is C11H8Cl3N3. The number of nitrogens with one attached hydrogen (secondary N) is 1. The van der Waals surface area contributed by atoms with E-state index >= 15 is 0 Å². The van der Waals surface area contributed by atoms with Crippen LogP contribution in [0, 0.1) is 6.92 Å². The molecule has 0 bridgehead atoms. The lowest BCUT2D eigenvalue weighted by molar-refractivity contribution is 1.10. The van der Waals surface area contributed by atoms with Crippen LogP contribution in [0.2, 0.25) is 15.3 Å². The number of hydrogen-bond donors (Lipinski definition) is 1. The van der Waals surface area contributed by atoms with Crippen molar-refractivity contribution < 1.29 is 0 Å². The Balaban J connectivity index is 2.31. The highest BCUT2D eigenvalue weighted by atomic mass is 35.5. The second-order valence-electron chi connectivity index (χ2n) is 3.45. The van der Waals surface area contributed by atoms with E-state index in [0.29, 0.717) is 15.9 Å². The summed E-state index contributed by atoms with van der Waals surface area (Å²) in [6, 6.07) is 6.94. The zero-order valence-electron chi connectivity index (χ0n) is 8.84. The molecule has 0 saturated carbocycles. The van der Waals surface area contributed by atoms with Crippen molar-refractivity contribution in [2.75, 3.05) is 5.32 Å². The molecule has 0 atom stereocenters. The number of rotatable bonds is 2. The molecule has 2 aromatic rings. The van der Waals surface area contributed by atoms with Crippen LogP contribution in [0.5, 0.6) is 0 Å². The van der Waals surface area contributed by atoms with Gasteiger partial charge in [0.25, 0.3) is 0 Å². The molecule has 0 spiro atoms. The Bertz CT molecular complexity index is 468. The number of aromatic nitrogens is 2. The fourth-order valence-electron chi connectivity index (χ4n) is 1.37. The van der Waals surface area contributed by atoms with Crippen LogP contribution in [-0.2, 0) is 0 Å². The van der Waals surface area contributed by atoms with Gasteiger partial charge < -0.3 is 5.32 Å². The van der Waals surface area contributed by atoms with Gasteiger partial charge >= 0.3 is 0 Å². The third-order valence-electron chi connectivity index (χ3n) is 1.96. The van der Waals surface area contributed by atoms with Gasteiger partial charge in [-0.2, -0.15) is 0 Å². The van der Waals surface area contributed by atoms with Crippen LogP contribution >= 0.6 is 34.8 Å². The molecule has 0 amide bonds. The van der Waals surface area contributed by atoms with Crippen molar-refractivity contribution in [2.45, 2.75) is 6.92 Å². The largest absolute Gasteiger partial charge is 0.340 e. The number of hydrogen-bond acceptors (Lipinski definition) is 3. The van der Waals surface area contributed by atoms with Gasteiger partial charge in [-0.05, 0) is 36.7 Å². The summed E-state index contributed by atoms with van der Waals surface area (Å²) in [6.45, 7) is 1.84. The Hall–Kier alpha value is -1.03. The van der Waals surface area contributed by atoms with Gasteiger partial charge in [0.05, 0.1) is 0 Å². The third kappa shape index (κ3) is 3.46. The van der Waals surface area contributed by atoms with Gasteiger partial charge in [0.1, 0.15) is 5.82 Å². The van der Waals surface area contributed by atoms with E-state index in [1.165, 1.54) is 0 Å². The maximum atomic E-state index is 5.90. The van der Waals surface area contributed by atoms with Crippen molar-refractivity contribution in [2.24, 2.45) is 0 Å². The van der Waals surface area contributed by atoms with Crippen LogP contribution in [0.4, 0.5) is 11.5 Å². The number of nitrogens with zero attached hydrogens (tertiary/aromatic N) is 2. The molecule has 17 heavy (non-hydrogen) atoms. The Morgan fingerprint density at radius 2 is 1.59 bits per heavy atom. The lowest BCUT2D eigenvalue weighted by Gasteiger charge is -2.07. The normalized spacial score (nSPS) is 10.4. The van der Waals surface area contributed by atoms with Gasteiger partial charge in [-0.3, -0.25) is 0 Å². The summed E-state index contributed by atoms with van der Waals surface area (Å²) in [5.74, 6) is 0.598. The van der Waals surface area contributed by atoms with Gasteiger partial charge in [0.15, 0.2) is 0 Å². The van der Waals surface area contributed by atoms with E-state index in [4.69, 9.17) is 34.8 Å². The summed E-state index contributed by atoms with van der Waals surface area (Å²) in [6.07, 6.45) is 0. The molecule has 0 unspecified atom stereocenters. The average Bonchev–Trinajstić information content (AvgIpc) is 2.13. The van der Waals surface area contributed by atoms with Crippen molar-refractivity contribution in [3.63, 3.8) is 0 Å². The maximum Gasteiger partial charge on any atom is 0.224 e. The highest BCUT2D eigenvalue weighted by Crippen LogP contribution is 2.25. The van der Waals surface area contributed by atoms with Crippen molar-refractivity contribution in [1.82, 2.24) is 9.97 Å². The Morgan fingerprint density at radius 3 is 2.18 bits per heavy atom. The van der Waals surface area contributed by atoms with Crippen LogP contribution in [0.3, 0.4) is 0 Å². The molecule has 0 fully saturated rings. The molecular weight excluding hydrogens is 281 g/mol. The molecule has 3 nitrogen and oxygen atoms in total. The number of halogens is 3. The van der Waals surface area contributed by atoms with Crippen LogP contribution in [0.15, 0.2) is 24.3 Å². The molecule has 88 valence electrons. The summed E-state index contributed by atoms with van der Waals surface area (Å²) < 4.78 is 0. The second kappa shape index (κ2) is 5.08. The summed E-state index contributed by atoms with van der Waals surface area (Å²) in [5, 5.41) is 4.36. The van der Waals surface area contributed by atoms with Crippen LogP contribution < -0.4 is 5.32 Å². The molecule has 2 rings (SSSR count). The molecule has 0 aliphatic heterocycles. The zero-order valence-corrected chi connectivity index (χ0v) is 11.1. The van der Waals surface area contributed by atoms with E-state index in [1.807, 2.05) is 6.92 Å². The predicted molar refractivity (Wildman–Crippen MR) is 71.5 cm³/mol. The zero-order chi connectivity index (χ0) is 12.4. The Morgan fingerprint density at radius 1 is 0.941 bits per heavy atom. The number of aryl methyl sites for hydroxylation is 1. The number of anilines is 2. The first-order chi connectivity index (χ1) is 8.02. The smallest absolute Gasteiger partial charge is 0.224 e. The Kier molecular flexibility index (Phi) is 3.72. The van der Waals surface area contributed by atoms with E-state index in [9.17, 15) is 0 Å². The monoisotopic (exact) mass is 287 g/mol. The molecule has 1 N–H and O–H groups in total. The van der Waals surface area contributed by atoms with Crippen molar-refractivity contribution in [3.05, 3.63) is 45.3 Å². The minimum Gasteiger partial charge on any atom is -0.340 e. The molecule has 6 heteroatoms. The molecule has 0 radical (unpaired) electrons. The molecule has 1 aromatic heterocycles. The summed E-state index contributed by atoms with van der Waals surface area (Å²) in [7, 11) is 0. The van der Waals surface area contributed by atoms with Crippen LogP contribution in [-0.4, -0.2) is 9.97 Å². The molecule has 0 saturated heterocycles. The molecule has 0 aliphatic carbocycles. The standard InChI is InChI=1S/C11H8Cl3N3/c1-6-2-10(17-11(14)15-6)16-9-4-7(12)3-8(13)5-9/h2-5H,1H3,(H,15,16,17). The van der Waals surface area contributed by atoms with Gasteiger partial charge in [-0.15, -0.1) is 0 Å². The first-order valence-electron chi connectivity index (χ1n) is 4.77. The fraction of sp³-hybridized carbons (Fsp3) is 0.0909. The van der Waals surface area contributed by atoms with Gasteiger partial charge in [0.2, 0.25) is 5.28 Å². The topological polar surface area (TPSA) is 37.8 Å². The lowest BCUT2D eigenvalue weighted by Crippen LogP contribution is -1.96. The SMILES string of the molecule is Cc1cc(Nc2cc(Cl)cc(Cl)c2)nc(Cl)n1. The third-order valence-corrected chi connectivity index (χ3v) is 2.57. The molecule has 0 aliphatic rings. The first kappa shape index (κ1) is 12.4. The Labute approximate surface area is 114 Å². The summed E-state index contributed by atoms with van der Waals surface area (Å²) >= 11 is 17.6. The van der Waals surface area contributed by atoms with Gasteiger partial charge in [-0.25, -0.2) is 9.97 Å². The molecule has 1 aromatic carbocycles. The molecule has 1 heterocycles. The van der Waals surface area contributed by atoms with E-state index in [1.54, 1.807) is 24.3 Å². The minimum absolute atomic E-state index is 0.195. The average molecular weight is 289 g/mol. The van der Waals surface area contributed by atoms with Crippen molar-refractivity contribution in [3.8, 4) is 0 Å². The second-order valence-corrected chi connectivity index (χ2v) is 4.66. The quantitative estimate of drug-likeness (QED) is 0.827. The van der Waals surface area contributed by atoms with E-state index < -0.39 is 0 Å². The first-order valence-corrected chi connectivity index (χ1v) is 5.90. The van der Waals surface area contributed by atoms with E-state index in [0.717, 1.165) is 11.4 Å². The predicted octanol–water partition coefficient (Wildman–Crippen LogP) is 4.49. The minimum atomic E-state index is 0.195. The van der Waals surface area contributed by atoms with Crippen molar-refractivity contribution in [1.29, 1.82) is 0 Å². The van der Waals surface area contributed by atoms with Gasteiger partial charge in [-0.1, -0.05) is 23.2 Å².